The van der Waals surface area contributed by atoms with Crippen LogP contribution in [0.25, 0.3) is 16.6 Å². The van der Waals surface area contributed by atoms with Gasteiger partial charge in [0.25, 0.3) is 0 Å². The Labute approximate surface area is 183 Å². The number of pyridine rings is 1. The first kappa shape index (κ1) is 20.8. The highest BCUT2D eigenvalue weighted by Crippen LogP contribution is 2.33. The van der Waals surface area contributed by atoms with E-state index < -0.39 is 12.0 Å². The van der Waals surface area contributed by atoms with Gasteiger partial charge in [-0.15, -0.1) is 0 Å². The van der Waals surface area contributed by atoms with Crippen molar-refractivity contribution in [2.45, 2.75) is 13.8 Å². The van der Waals surface area contributed by atoms with Crippen molar-refractivity contribution in [2.75, 3.05) is 23.0 Å². The predicted octanol–water partition coefficient (Wildman–Crippen LogP) is 3.50. The van der Waals surface area contributed by atoms with Crippen LogP contribution in [0.5, 0.6) is 0 Å². The second kappa shape index (κ2) is 8.72. The van der Waals surface area contributed by atoms with Gasteiger partial charge in [0.15, 0.2) is 5.82 Å². The Morgan fingerprint density at radius 2 is 1.91 bits per heavy atom. The number of aryl methyl sites for hydroxylation is 1. The molecule has 32 heavy (non-hydrogen) atoms. The zero-order valence-corrected chi connectivity index (χ0v) is 17.5. The first-order valence-corrected chi connectivity index (χ1v) is 9.86. The van der Waals surface area contributed by atoms with Crippen LogP contribution >= 0.6 is 0 Å². The lowest BCUT2D eigenvalue weighted by Crippen LogP contribution is -2.20. The molecule has 0 atom stereocenters. The molecule has 10 heteroatoms. The number of nitrogens with one attached hydrogen (secondary N) is 2. The van der Waals surface area contributed by atoms with Gasteiger partial charge in [-0.25, -0.2) is 24.1 Å². The van der Waals surface area contributed by atoms with E-state index in [1.54, 1.807) is 49.6 Å². The highest BCUT2D eigenvalue weighted by atomic mass is 16.5. The Morgan fingerprint density at radius 1 is 1.12 bits per heavy atom. The number of carbonyl (C=O) groups is 2. The zero-order valence-electron chi connectivity index (χ0n) is 17.5. The number of aromatic nitrogens is 4. The number of rotatable bonds is 5. The number of hydrogen-bond acceptors (Lipinski definition) is 7. The van der Waals surface area contributed by atoms with E-state index >= 15 is 0 Å². The largest absolute Gasteiger partial charge is 0.462 e. The van der Waals surface area contributed by atoms with E-state index in [2.05, 4.69) is 25.7 Å². The maximum Gasteiger partial charge on any atom is 0.340 e. The van der Waals surface area contributed by atoms with E-state index in [1.807, 2.05) is 13.0 Å². The van der Waals surface area contributed by atoms with Crippen molar-refractivity contribution < 1.29 is 14.3 Å². The molecule has 0 aliphatic rings. The molecular formula is C22H21N7O3. The summed E-state index contributed by atoms with van der Waals surface area (Å²) in [5, 5.41) is 9.58. The summed E-state index contributed by atoms with van der Waals surface area (Å²) in [5.41, 5.74) is 9.69. The lowest BCUT2D eigenvalue weighted by atomic mass is 10.0. The molecule has 0 unspecified atom stereocenters. The van der Waals surface area contributed by atoms with Crippen molar-refractivity contribution in [2.24, 2.45) is 0 Å². The number of fused-ring (bicyclic) bond motifs is 1. The Morgan fingerprint density at radius 3 is 2.62 bits per heavy atom. The lowest BCUT2D eigenvalue weighted by molar-refractivity contribution is 0.0527. The van der Waals surface area contributed by atoms with Crippen molar-refractivity contribution in [1.29, 1.82) is 0 Å². The number of nitrogen functional groups attached to an aromatic ring is 1. The fourth-order valence-electron chi connectivity index (χ4n) is 3.29. The maximum absolute atomic E-state index is 12.5. The molecule has 4 rings (SSSR count). The highest BCUT2D eigenvalue weighted by Gasteiger charge is 2.22. The number of ether oxygens (including phenoxy) is 1. The number of nitrogens with zero attached hydrogens (tertiary/aromatic N) is 4. The summed E-state index contributed by atoms with van der Waals surface area (Å²) >= 11 is 0. The van der Waals surface area contributed by atoms with Crippen LogP contribution in [-0.4, -0.2) is 38.2 Å². The summed E-state index contributed by atoms with van der Waals surface area (Å²) in [5.74, 6) is 0.200. The number of amides is 2. The van der Waals surface area contributed by atoms with Gasteiger partial charge in [0.2, 0.25) is 0 Å². The van der Waals surface area contributed by atoms with Gasteiger partial charge in [-0.3, -0.25) is 5.32 Å². The third-order valence-corrected chi connectivity index (χ3v) is 4.69. The summed E-state index contributed by atoms with van der Waals surface area (Å²) in [6.07, 6.45) is 4.50. The quantitative estimate of drug-likeness (QED) is 0.411. The molecule has 0 saturated carbocycles. The molecule has 3 aromatic heterocycles. The number of hydrogen-bond donors (Lipinski definition) is 3. The third kappa shape index (κ3) is 4.19. The van der Waals surface area contributed by atoms with Gasteiger partial charge in [-0.1, -0.05) is 12.1 Å². The summed E-state index contributed by atoms with van der Waals surface area (Å²) in [7, 11) is 0. The Hall–Kier alpha value is -4.47. The molecule has 4 aromatic rings. The molecule has 3 heterocycles. The van der Waals surface area contributed by atoms with Gasteiger partial charge in [0.05, 0.1) is 12.2 Å². The summed E-state index contributed by atoms with van der Waals surface area (Å²) in [6, 6.07) is 10.2. The van der Waals surface area contributed by atoms with Crippen LogP contribution in [0.15, 0.2) is 55.1 Å². The molecule has 0 fully saturated rings. The van der Waals surface area contributed by atoms with E-state index in [0.717, 1.165) is 5.56 Å². The Balaban J connectivity index is 1.62. The summed E-state index contributed by atoms with van der Waals surface area (Å²) < 4.78 is 6.69. The second-order valence-electron chi connectivity index (χ2n) is 6.95. The molecule has 0 bridgehead atoms. The normalized spacial score (nSPS) is 10.7. The summed E-state index contributed by atoms with van der Waals surface area (Å²) in [6.45, 7) is 3.89. The fourth-order valence-corrected chi connectivity index (χ4v) is 3.29. The van der Waals surface area contributed by atoms with Gasteiger partial charge in [0, 0.05) is 23.6 Å². The molecule has 4 N–H and O–H groups in total. The van der Waals surface area contributed by atoms with Crippen molar-refractivity contribution in [1.82, 2.24) is 19.6 Å². The second-order valence-corrected chi connectivity index (χ2v) is 6.95. The van der Waals surface area contributed by atoms with E-state index in [0.29, 0.717) is 33.7 Å². The molecule has 0 saturated heterocycles. The van der Waals surface area contributed by atoms with Crippen molar-refractivity contribution in [3.05, 3.63) is 66.2 Å². The maximum atomic E-state index is 12.5. The average Bonchev–Trinajstić information content (AvgIpc) is 3.15. The number of carbonyl (C=O) groups excluding carboxylic acids is 2. The SMILES string of the molecule is CCOC(=O)c1cn2ncnc(N)c2c1-c1ccc(NC(=O)Nc2cc(C)ccn2)cc1. The van der Waals surface area contributed by atoms with Crippen LogP contribution in [0.4, 0.5) is 22.1 Å². The number of nitrogens with two attached hydrogens (primary N) is 1. The Bertz CT molecular complexity index is 1300. The third-order valence-electron chi connectivity index (χ3n) is 4.69. The Kier molecular flexibility index (Phi) is 5.67. The van der Waals surface area contributed by atoms with Gasteiger partial charge >= 0.3 is 12.0 Å². The first-order valence-electron chi connectivity index (χ1n) is 9.86. The first-order chi connectivity index (χ1) is 15.5. The smallest absolute Gasteiger partial charge is 0.340 e. The number of esters is 1. The topological polar surface area (TPSA) is 137 Å². The molecule has 162 valence electrons. The van der Waals surface area contributed by atoms with Crippen LogP contribution in [0.1, 0.15) is 22.8 Å². The highest BCUT2D eigenvalue weighted by molar-refractivity contribution is 6.05. The minimum absolute atomic E-state index is 0.234. The average molecular weight is 431 g/mol. The van der Waals surface area contributed by atoms with Crippen LogP contribution in [0.2, 0.25) is 0 Å². The van der Waals surface area contributed by atoms with Crippen LogP contribution in [0.3, 0.4) is 0 Å². The van der Waals surface area contributed by atoms with Gasteiger partial charge in [0.1, 0.15) is 17.7 Å². The van der Waals surface area contributed by atoms with Gasteiger partial charge in [-0.2, -0.15) is 5.10 Å². The molecule has 0 aliphatic heterocycles. The number of benzene rings is 1. The van der Waals surface area contributed by atoms with Gasteiger partial charge < -0.3 is 15.8 Å². The minimum atomic E-state index is -0.486. The van der Waals surface area contributed by atoms with E-state index in [1.165, 1.54) is 10.8 Å². The predicted molar refractivity (Wildman–Crippen MR) is 120 cm³/mol. The minimum Gasteiger partial charge on any atom is -0.462 e. The molecule has 1 aromatic carbocycles. The van der Waals surface area contributed by atoms with E-state index in [-0.39, 0.29) is 12.4 Å². The molecule has 0 radical (unpaired) electrons. The van der Waals surface area contributed by atoms with Crippen molar-refractivity contribution >= 4 is 34.8 Å². The fraction of sp³-hybridized carbons (Fsp3) is 0.136. The standard InChI is InChI=1S/C22H21N7O3/c1-3-32-21(30)16-11-29-19(20(23)25-12-26-29)18(16)14-4-6-15(7-5-14)27-22(31)28-17-10-13(2)8-9-24-17/h4-12H,3H2,1-2H3,(H2,23,25,26)(H2,24,27,28,31). The molecule has 0 spiro atoms. The van der Waals surface area contributed by atoms with Crippen LogP contribution in [-0.2, 0) is 4.74 Å². The van der Waals surface area contributed by atoms with Crippen molar-refractivity contribution in [3.63, 3.8) is 0 Å². The van der Waals surface area contributed by atoms with Crippen LogP contribution < -0.4 is 16.4 Å². The molecule has 2 amide bonds. The molecule has 10 nitrogen and oxygen atoms in total. The molecular weight excluding hydrogens is 410 g/mol. The molecule has 0 aliphatic carbocycles. The van der Waals surface area contributed by atoms with E-state index in [9.17, 15) is 9.59 Å². The summed E-state index contributed by atoms with van der Waals surface area (Å²) in [4.78, 5) is 33.0. The van der Waals surface area contributed by atoms with Crippen molar-refractivity contribution in [3.8, 4) is 11.1 Å². The zero-order chi connectivity index (χ0) is 22.7. The monoisotopic (exact) mass is 431 g/mol. The van der Waals surface area contributed by atoms with Gasteiger partial charge in [-0.05, 0) is 49.2 Å². The lowest BCUT2D eigenvalue weighted by Gasteiger charge is -2.09. The number of urea groups is 1. The van der Waals surface area contributed by atoms with E-state index in [4.69, 9.17) is 10.5 Å². The number of anilines is 3. The van der Waals surface area contributed by atoms with Crippen LogP contribution in [0, 0.1) is 6.92 Å².